The van der Waals surface area contributed by atoms with Gasteiger partial charge in [-0.1, -0.05) is 19.0 Å². The molecule has 0 bridgehead atoms. The number of aromatic nitrogens is 1. The zero-order valence-corrected chi connectivity index (χ0v) is 13.8. The third-order valence-corrected chi connectivity index (χ3v) is 3.76. The number of hydrogen-bond donors (Lipinski definition) is 1. The summed E-state index contributed by atoms with van der Waals surface area (Å²) >= 11 is 5.41. The van der Waals surface area contributed by atoms with Crippen LogP contribution < -0.4 is 5.32 Å². The molecule has 1 aliphatic heterocycles. The Morgan fingerprint density at radius 3 is 2.62 bits per heavy atom. The third kappa shape index (κ3) is 3.34. The first-order valence-corrected chi connectivity index (χ1v) is 7.62. The first-order valence-electron chi connectivity index (χ1n) is 7.21. The largest absolute Gasteiger partial charge is 0.361 e. The lowest BCUT2D eigenvalue weighted by atomic mass is 10.2. The van der Waals surface area contributed by atoms with Crippen molar-refractivity contribution in [2.45, 2.75) is 34.1 Å². The predicted octanol–water partition coefficient (Wildman–Crippen LogP) is 1.88. The first-order chi connectivity index (χ1) is 9.91. The molecule has 0 aromatic carbocycles. The van der Waals surface area contributed by atoms with Gasteiger partial charge in [0.15, 0.2) is 5.11 Å². The number of rotatable bonds is 3. The molecule has 1 N–H and O–H groups in total. The molecular formula is C14H22N4O2S. The summed E-state index contributed by atoms with van der Waals surface area (Å²) in [6.07, 6.45) is 0.901. The molecule has 0 spiro atoms. The van der Waals surface area contributed by atoms with Crippen molar-refractivity contribution in [3.63, 3.8) is 0 Å². The number of carbonyl (C=O) groups is 1. The minimum atomic E-state index is -0.0996. The molecule has 0 atom stereocenters. The van der Waals surface area contributed by atoms with Gasteiger partial charge in [-0.05, 0) is 38.4 Å². The van der Waals surface area contributed by atoms with E-state index in [1.165, 1.54) is 0 Å². The summed E-state index contributed by atoms with van der Waals surface area (Å²) in [4.78, 5) is 12.7. The second kappa shape index (κ2) is 6.43. The molecule has 21 heavy (non-hydrogen) atoms. The number of nitrogens with zero attached hydrogens (tertiary/aromatic N) is 3. The van der Waals surface area contributed by atoms with E-state index in [4.69, 9.17) is 16.7 Å². The van der Waals surface area contributed by atoms with Crippen molar-refractivity contribution in [3.05, 3.63) is 17.0 Å². The quantitative estimate of drug-likeness (QED) is 0.860. The van der Waals surface area contributed by atoms with Crippen LogP contribution in [0.3, 0.4) is 0 Å². The molecule has 7 heteroatoms. The van der Waals surface area contributed by atoms with E-state index in [9.17, 15) is 4.79 Å². The molecule has 2 heterocycles. The maximum atomic E-state index is 12.7. The van der Waals surface area contributed by atoms with Crippen LogP contribution in [0.25, 0.3) is 0 Å². The molecule has 1 amide bonds. The standard InChI is InChI=1S/C14H22N4O2S/c1-9(2)8-15-14(21)18-7-5-6-17(18)13(19)12-10(3)16-20-11(12)4/h9H,5-8H2,1-4H3,(H,15,21). The molecule has 0 aliphatic carbocycles. The van der Waals surface area contributed by atoms with Crippen LogP contribution in [0.1, 0.15) is 42.1 Å². The van der Waals surface area contributed by atoms with Crippen LogP contribution in [0.15, 0.2) is 4.52 Å². The fourth-order valence-corrected chi connectivity index (χ4v) is 2.61. The van der Waals surface area contributed by atoms with Gasteiger partial charge in [0.2, 0.25) is 0 Å². The molecule has 1 aromatic heterocycles. The lowest BCUT2D eigenvalue weighted by Crippen LogP contribution is -2.49. The monoisotopic (exact) mass is 310 g/mol. The SMILES string of the molecule is Cc1noc(C)c1C(=O)N1CCCN1C(=S)NCC(C)C. The van der Waals surface area contributed by atoms with Crippen LogP contribution in [0, 0.1) is 19.8 Å². The number of nitrogens with one attached hydrogen (secondary N) is 1. The third-order valence-electron chi connectivity index (χ3n) is 3.41. The maximum absolute atomic E-state index is 12.7. The Hall–Kier alpha value is -1.63. The van der Waals surface area contributed by atoms with Gasteiger partial charge in [0.1, 0.15) is 11.3 Å². The second-order valence-corrected chi connectivity index (χ2v) is 6.07. The van der Waals surface area contributed by atoms with Crippen molar-refractivity contribution >= 4 is 23.2 Å². The number of carbonyl (C=O) groups excluding carboxylic acids is 1. The van der Waals surface area contributed by atoms with Gasteiger partial charge in [-0.3, -0.25) is 9.80 Å². The van der Waals surface area contributed by atoms with Crippen LogP contribution >= 0.6 is 12.2 Å². The highest BCUT2D eigenvalue weighted by atomic mass is 32.1. The van der Waals surface area contributed by atoms with Crippen LogP contribution in [0.4, 0.5) is 0 Å². The zero-order valence-electron chi connectivity index (χ0n) is 13.0. The molecule has 1 saturated heterocycles. The van der Waals surface area contributed by atoms with Crippen molar-refractivity contribution in [1.29, 1.82) is 0 Å². The van der Waals surface area contributed by atoms with E-state index in [0.29, 0.717) is 34.6 Å². The normalized spacial score (nSPS) is 14.9. The van der Waals surface area contributed by atoms with Crippen molar-refractivity contribution in [2.75, 3.05) is 19.6 Å². The average Bonchev–Trinajstić information content (AvgIpc) is 3.03. The van der Waals surface area contributed by atoms with Crippen LogP contribution in [-0.4, -0.2) is 45.8 Å². The molecule has 1 aromatic rings. The molecule has 0 saturated carbocycles. The van der Waals surface area contributed by atoms with Crippen molar-refractivity contribution < 1.29 is 9.32 Å². The van der Waals surface area contributed by atoms with Gasteiger partial charge >= 0.3 is 0 Å². The van der Waals surface area contributed by atoms with Gasteiger partial charge in [0, 0.05) is 19.6 Å². The Labute approximate surface area is 130 Å². The molecule has 2 rings (SSSR count). The smallest absolute Gasteiger partial charge is 0.277 e. The highest BCUT2D eigenvalue weighted by molar-refractivity contribution is 7.80. The Morgan fingerprint density at radius 2 is 2.05 bits per heavy atom. The lowest BCUT2D eigenvalue weighted by Gasteiger charge is -2.30. The number of hydrogen-bond acceptors (Lipinski definition) is 4. The van der Waals surface area contributed by atoms with E-state index in [0.717, 1.165) is 19.5 Å². The fraction of sp³-hybridized carbons (Fsp3) is 0.643. The Morgan fingerprint density at radius 1 is 1.38 bits per heavy atom. The topological polar surface area (TPSA) is 61.6 Å². The number of amides is 1. The first kappa shape index (κ1) is 15.8. The molecule has 116 valence electrons. The van der Waals surface area contributed by atoms with Gasteiger partial charge in [-0.15, -0.1) is 0 Å². The van der Waals surface area contributed by atoms with Crippen molar-refractivity contribution in [2.24, 2.45) is 5.92 Å². The minimum absolute atomic E-state index is 0.0996. The van der Waals surface area contributed by atoms with E-state index < -0.39 is 0 Å². The number of aryl methyl sites for hydroxylation is 2. The lowest BCUT2D eigenvalue weighted by molar-refractivity contribution is 0.0489. The summed E-state index contributed by atoms with van der Waals surface area (Å²) in [5.41, 5.74) is 1.15. The Balaban J connectivity index is 2.11. The summed E-state index contributed by atoms with van der Waals surface area (Å²) in [6.45, 7) is 9.97. The Kier molecular flexibility index (Phi) is 4.82. The van der Waals surface area contributed by atoms with Gasteiger partial charge in [-0.2, -0.15) is 0 Å². The second-order valence-electron chi connectivity index (χ2n) is 5.68. The number of thiocarbonyl (C=S) groups is 1. The molecule has 0 unspecified atom stereocenters. The molecule has 0 radical (unpaired) electrons. The van der Waals surface area contributed by atoms with Gasteiger partial charge in [0.25, 0.3) is 5.91 Å². The molecule has 1 aliphatic rings. The zero-order chi connectivity index (χ0) is 15.6. The van der Waals surface area contributed by atoms with Crippen LogP contribution in [-0.2, 0) is 0 Å². The summed E-state index contributed by atoms with van der Waals surface area (Å²) in [5, 5.41) is 11.2. The van der Waals surface area contributed by atoms with Crippen LogP contribution in [0.2, 0.25) is 0 Å². The van der Waals surface area contributed by atoms with Crippen molar-refractivity contribution in [3.8, 4) is 0 Å². The van der Waals surface area contributed by atoms with E-state index in [-0.39, 0.29) is 5.91 Å². The highest BCUT2D eigenvalue weighted by Gasteiger charge is 2.32. The molecular weight excluding hydrogens is 288 g/mol. The van der Waals surface area contributed by atoms with Gasteiger partial charge < -0.3 is 9.84 Å². The van der Waals surface area contributed by atoms with E-state index in [1.54, 1.807) is 18.9 Å². The number of hydrazine groups is 1. The summed E-state index contributed by atoms with van der Waals surface area (Å²) in [5.74, 6) is 0.945. The van der Waals surface area contributed by atoms with E-state index >= 15 is 0 Å². The molecule has 1 fully saturated rings. The average molecular weight is 310 g/mol. The van der Waals surface area contributed by atoms with Gasteiger partial charge in [0.05, 0.1) is 5.69 Å². The minimum Gasteiger partial charge on any atom is -0.361 e. The highest BCUT2D eigenvalue weighted by Crippen LogP contribution is 2.20. The maximum Gasteiger partial charge on any atom is 0.277 e. The summed E-state index contributed by atoms with van der Waals surface area (Å²) in [6, 6.07) is 0. The van der Waals surface area contributed by atoms with Crippen LogP contribution in [0.5, 0.6) is 0 Å². The summed E-state index contributed by atoms with van der Waals surface area (Å²) < 4.78 is 5.09. The van der Waals surface area contributed by atoms with Gasteiger partial charge in [-0.25, -0.2) is 5.01 Å². The van der Waals surface area contributed by atoms with E-state index in [2.05, 4.69) is 24.3 Å². The fourth-order valence-electron chi connectivity index (χ4n) is 2.33. The summed E-state index contributed by atoms with van der Waals surface area (Å²) in [7, 11) is 0. The Bertz CT molecular complexity index is 522. The predicted molar refractivity (Wildman–Crippen MR) is 83.8 cm³/mol. The van der Waals surface area contributed by atoms with E-state index in [1.807, 2.05) is 5.01 Å². The molecule has 6 nitrogen and oxygen atoms in total. The van der Waals surface area contributed by atoms with Crippen molar-refractivity contribution in [1.82, 2.24) is 20.5 Å².